The second-order valence-electron chi connectivity index (χ2n) is 31.4. The maximum absolute atomic E-state index is 12.4. The Labute approximate surface area is 566 Å². The molecule has 0 saturated carbocycles. The van der Waals surface area contributed by atoms with Crippen molar-refractivity contribution in [1.29, 1.82) is 0 Å². The quantitative estimate of drug-likeness (QED) is 0.0202. The molecule has 90 heavy (non-hydrogen) atoms. The summed E-state index contributed by atoms with van der Waals surface area (Å²) in [7, 11) is -15.8. The minimum atomic E-state index is -1.68. The van der Waals surface area contributed by atoms with Gasteiger partial charge >= 0.3 is 0 Å². The topological polar surface area (TPSA) is 232 Å². The first-order valence-corrected chi connectivity index (χ1v) is 67.8. The predicted octanol–water partition coefficient (Wildman–Crippen LogP) is 7.37. The molecule has 2 amide bonds. The van der Waals surface area contributed by atoms with Crippen molar-refractivity contribution in [3.63, 3.8) is 0 Å². The molecule has 32 heteroatoms. The van der Waals surface area contributed by atoms with Crippen molar-refractivity contribution in [2.24, 2.45) is 0 Å². The van der Waals surface area contributed by atoms with E-state index in [0.717, 1.165) is 49.9 Å². The predicted molar refractivity (Wildman–Crippen MR) is 403 cm³/mol. The number of rotatable bonds is 54. The lowest BCUT2D eigenvalue weighted by Crippen LogP contribution is -2.43. The molecule has 0 aliphatic heterocycles. The Morgan fingerprint density at radius 2 is 0.489 bits per heavy atom. The number of aliphatic hydroxyl groups excluding tert-OH is 4. The van der Waals surface area contributed by atoms with Gasteiger partial charge in [0.15, 0.2) is 66.5 Å². The fourth-order valence-electron chi connectivity index (χ4n) is 8.66. The first kappa shape index (κ1) is 92.4. The fraction of sp³-hybridized carbons (Fsp3) is 0.897. The molecule has 0 saturated heterocycles. The molecule has 0 fully saturated rings. The molecular formula is C58H138N2O18Si12. The molecule has 0 rings (SSSR count). The summed E-state index contributed by atoms with van der Waals surface area (Å²) in [5, 5.41) is 42.1. The van der Waals surface area contributed by atoms with Gasteiger partial charge in [0.05, 0.1) is 88.9 Å². The van der Waals surface area contributed by atoms with Crippen molar-refractivity contribution in [3.8, 4) is 0 Å². The van der Waals surface area contributed by atoms with Gasteiger partial charge < -0.3 is 84.6 Å². The van der Waals surface area contributed by atoms with E-state index >= 15 is 0 Å². The standard InChI is InChI=1S/2C29H69NO9Si6/c2*1-14-27(33)30(21-25(31)23-34-17-15-19-40-28(36-42(2,3)4)37-43(5,6)7)22-26(32)24-35-18-16-20-41-29(38-44(8,9)10)39-45(11,12)13/h2*14,25-26,28-29,31-32H,1,15-24,40-41H2,2-13H3. The Hall–Kier alpha value is 0.383. The number of ether oxygens (including phenoxy) is 4. The van der Waals surface area contributed by atoms with Crippen LogP contribution in [0.2, 0.25) is 181 Å². The minimum absolute atomic E-state index is 0.0409. The fourth-order valence-corrected chi connectivity index (χ4v) is 34.8. The molecule has 4 unspecified atom stereocenters. The van der Waals surface area contributed by atoms with Crippen LogP contribution < -0.4 is 0 Å². The third-order valence-electron chi connectivity index (χ3n) is 11.7. The Balaban J connectivity index is 0. The normalized spacial score (nSPS) is 15.2. The molecule has 20 nitrogen and oxygen atoms in total. The number of hydrogen-bond acceptors (Lipinski definition) is 18. The average molecular weight is 1490 g/mol. The smallest absolute Gasteiger partial charge is 0.246 e. The van der Waals surface area contributed by atoms with Gasteiger partial charge in [0.2, 0.25) is 11.8 Å². The van der Waals surface area contributed by atoms with E-state index in [-0.39, 0.29) is 88.1 Å². The summed E-state index contributed by atoms with van der Waals surface area (Å²) in [5.74, 6) is -0.864. The highest BCUT2D eigenvalue weighted by atomic mass is 28.4. The highest BCUT2D eigenvalue weighted by molar-refractivity contribution is 6.74. The number of aliphatic hydroxyl groups is 4. The summed E-state index contributed by atoms with van der Waals surface area (Å²) in [4.78, 5) is 27.6. The summed E-state index contributed by atoms with van der Waals surface area (Å²) in [6.07, 6.45) is 2.43. The van der Waals surface area contributed by atoms with Gasteiger partial charge in [-0.2, -0.15) is 0 Å². The lowest BCUT2D eigenvalue weighted by Gasteiger charge is -2.31. The van der Waals surface area contributed by atoms with Gasteiger partial charge in [-0.1, -0.05) is 37.3 Å². The van der Waals surface area contributed by atoms with E-state index in [0.29, 0.717) is 26.4 Å². The van der Waals surface area contributed by atoms with Crippen LogP contribution in [0.4, 0.5) is 0 Å². The summed E-state index contributed by atoms with van der Waals surface area (Å²) < 4.78 is 73.3. The lowest BCUT2D eigenvalue weighted by molar-refractivity contribution is -0.130. The van der Waals surface area contributed by atoms with E-state index in [1.165, 1.54) is 22.0 Å². The highest BCUT2D eigenvalue weighted by Gasteiger charge is 2.31. The van der Waals surface area contributed by atoms with Crippen LogP contribution in [0.3, 0.4) is 0 Å². The van der Waals surface area contributed by atoms with Crippen molar-refractivity contribution >= 4 is 116 Å². The highest BCUT2D eigenvalue weighted by Crippen LogP contribution is 2.20. The van der Waals surface area contributed by atoms with Gasteiger partial charge in [-0.25, -0.2) is 0 Å². The maximum Gasteiger partial charge on any atom is 0.246 e. The second kappa shape index (κ2) is 46.6. The third kappa shape index (κ3) is 61.9. The van der Waals surface area contributed by atoms with Crippen molar-refractivity contribution in [3.05, 3.63) is 25.3 Å². The van der Waals surface area contributed by atoms with Gasteiger partial charge in [-0.05, 0) is 195 Å². The number of amides is 2. The lowest BCUT2D eigenvalue weighted by atomic mass is 10.2. The SMILES string of the molecule is C=CC(=O)N(CC(O)COCCC[SiH2]C(O[Si](C)(C)C)O[Si](C)(C)C)CC(O)COCCC[SiH2]C(O[Si](C)(C)C)O[Si](C)(C)C.C=CC(=O)N(CC(O)COCCC[SiH2]C(O[Si](C)(C)C)O[Si](C)(C)C)CC(O)COCCC[SiH2]C(O[Si](C)(C)C)O[Si](C)(C)C. The Morgan fingerprint density at radius 1 is 0.333 bits per heavy atom. The first-order chi connectivity index (χ1) is 41.0. The summed E-state index contributed by atoms with van der Waals surface area (Å²) in [6, 6.07) is 4.13. The van der Waals surface area contributed by atoms with E-state index < -0.39 is 129 Å². The maximum atomic E-state index is 12.4. The van der Waals surface area contributed by atoms with Crippen molar-refractivity contribution in [1.82, 2.24) is 9.80 Å². The van der Waals surface area contributed by atoms with Crippen LogP contribution in [0.1, 0.15) is 25.7 Å². The number of carbonyl (C=O) groups excluding carboxylic acids is 2. The molecule has 0 spiro atoms. The van der Waals surface area contributed by atoms with Crippen LogP contribution in [-0.2, 0) is 63.9 Å². The zero-order valence-electron chi connectivity index (χ0n) is 61.6. The zero-order valence-corrected chi connectivity index (χ0v) is 75.2. The Morgan fingerprint density at radius 3 is 0.622 bits per heavy atom. The van der Waals surface area contributed by atoms with E-state index in [4.69, 9.17) is 54.4 Å². The Bertz CT molecular complexity index is 1590. The van der Waals surface area contributed by atoms with Gasteiger partial charge in [-0.3, -0.25) is 9.59 Å². The zero-order chi connectivity index (χ0) is 69.8. The molecule has 0 aliphatic carbocycles. The van der Waals surface area contributed by atoms with Gasteiger partial charge in [0, 0.05) is 52.6 Å². The van der Waals surface area contributed by atoms with E-state index in [2.05, 4.69) is 170 Å². The largest absolute Gasteiger partial charge is 0.398 e. The molecular weight excluding hydrogens is 1350 g/mol. The summed E-state index contributed by atoms with van der Waals surface area (Å²) in [5.41, 5.74) is 0. The van der Waals surface area contributed by atoms with Crippen molar-refractivity contribution in [2.75, 3.05) is 79.0 Å². The second-order valence-corrected chi connectivity index (χ2v) is 74.8. The van der Waals surface area contributed by atoms with Crippen LogP contribution in [0.25, 0.3) is 0 Å². The molecule has 0 radical (unpaired) electrons. The van der Waals surface area contributed by atoms with E-state index in [1.54, 1.807) is 0 Å². The number of carbonyl (C=O) groups is 2. The van der Waals surface area contributed by atoms with Gasteiger partial charge in [0.1, 0.15) is 23.7 Å². The minimum Gasteiger partial charge on any atom is -0.398 e. The van der Waals surface area contributed by atoms with Gasteiger partial charge in [0.25, 0.3) is 0 Å². The molecule has 0 bridgehead atoms. The van der Waals surface area contributed by atoms with E-state index in [1.807, 2.05) is 0 Å². The van der Waals surface area contributed by atoms with Crippen molar-refractivity contribution < 1.29 is 84.4 Å². The van der Waals surface area contributed by atoms with Crippen molar-refractivity contribution in [2.45, 2.75) is 255 Å². The molecule has 0 heterocycles. The average Bonchev–Trinajstić information content (AvgIpc) is 3.40. The Kier molecular flexibility index (Phi) is 47.9. The van der Waals surface area contributed by atoms with Crippen LogP contribution in [0, 0.1) is 0 Å². The van der Waals surface area contributed by atoms with Crippen LogP contribution in [0.15, 0.2) is 25.3 Å². The van der Waals surface area contributed by atoms with Crippen LogP contribution in [-0.4, -0.2) is 274 Å². The number of hydrogen-bond donors (Lipinski definition) is 4. The first-order valence-electron chi connectivity index (χ1n) is 33.3. The third-order valence-corrected chi connectivity index (χ3v) is 29.0. The van der Waals surface area contributed by atoms with Gasteiger partial charge in [-0.15, -0.1) is 0 Å². The number of nitrogens with zero attached hydrogens (tertiary/aromatic N) is 2. The molecule has 4 atom stereocenters. The molecule has 0 aromatic rings. The molecule has 536 valence electrons. The van der Waals surface area contributed by atoms with Crippen LogP contribution >= 0.6 is 0 Å². The summed E-state index contributed by atoms with van der Waals surface area (Å²) >= 11 is 0. The van der Waals surface area contributed by atoms with Crippen LogP contribution in [0.5, 0.6) is 0 Å². The molecule has 0 aromatic heterocycles. The van der Waals surface area contributed by atoms with E-state index in [9.17, 15) is 30.0 Å². The monoisotopic (exact) mass is 1490 g/mol. The summed E-state index contributed by atoms with van der Waals surface area (Å²) in [6.45, 7) is 62.4. The molecule has 4 N–H and O–H groups in total. The molecule has 0 aliphatic rings. The molecule has 0 aromatic carbocycles.